The van der Waals surface area contributed by atoms with E-state index < -0.39 is 21.6 Å². The lowest BCUT2D eigenvalue weighted by atomic mass is 10.2. The molecule has 0 saturated heterocycles. The van der Waals surface area contributed by atoms with E-state index in [9.17, 15) is 17.6 Å². The Morgan fingerprint density at radius 3 is 2.65 bits per heavy atom. The van der Waals surface area contributed by atoms with Crippen LogP contribution in [0.3, 0.4) is 0 Å². The number of hydrogen-bond donors (Lipinski definition) is 3. The SMILES string of the molecule is CS(=O)(=O)c1nc(C(=O)NCc2ccc(Cl)c(Oc3cc(N)cc(Cl)c3)c2F)c(Br)[nH]1. The van der Waals surface area contributed by atoms with Gasteiger partial charge in [0.15, 0.2) is 17.3 Å². The zero-order valence-electron chi connectivity index (χ0n) is 15.7. The van der Waals surface area contributed by atoms with Crippen molar-refractivity contribution in [3.63, 3.8) is 0 Å². The van der Waals surface area contributed by atoms with Crippen LogP contribution in [0.25, 0.3) is 0 Å². The quantitative estimate of drug-likeness (QED) is 0.391. The van der Waals surface area contributed by atoms with Gasteiger partial charge >= 0.3 is 0 Å². The number of imidazole rings is 1. The van der Waals surface area contributed by atoms with Crippen molar-refractivity contribution in [2.45, 2.75) is 11.7 Å². The van der Waals surface area contributed by atoms with E-state index in [1.807, 2.05) is 0 Å². The first-order chi connectivity index (χ1) is 14.5. The van der Waals surface area contributed by atoms with Gasteiger partial charge in [-0.1, -0.05) is 29.3 Å². The number of nitrogens with one attached hydrogen (secondary N) is 2. The van der Waals surface area contributed by atoms with Crippen LogP contribution in [-0.4, -0.2) is 30.5 Å². The number of nitrogen functional groups attached to an aromatic ring is 1. The first-order valence-electron chi connectivity index (χ1n) is 8.40. The summed E-state index contributed by atoms with van der Waals surface area (Å²) in [6.07, 6.45) is 0.943. The molecule has 1 aromatic heterocycles. The molecule has 0 atom stereocenters. The second-order valence-corrected chi connectivity index (χ2v) is 9.90. The average Bonchev–Trinajstić information content (AvgIpc) is 3.06. The fraction of sp³-hybridized carbons (Fsp3) is 0.111. The summed E-state index contributed by atoms with van der Waals surface area (Å²) in [5.74, 6) is -1.61. The Labute approximate surface area is 194 Å². The van der Waals surface area contributed by atoms with Crippen LogP contribution < -0.4 is 15.8 Å². The number of nitrogens with zero attached hydrogens (tertiary/aromatic N) is 1. The lowest BCUT2D eigenvalue weighted by Gasteiger charge is -2.13. The third-order valence-electron chi connectivity index (χ3n) is 3.89. The van der Waals surface area contributed by atoms with Gasteiger partial charge in [-0.15, -0.1) is 0 Å². The number of anilines is 1. The summed E-state index contributed by atoms with van der Waals surface area (Å²) < 4.78 is 43.7. The Hall–Kier alpha value is -2.34. The molecule has 8 nitrogen and oxygen atoms in total. The molecule has 0 radical (unpaired) electrons. The van der Waals surface area contributed by atoms with Crippen molar-refractivity contribution >= 4 is 60.6 Å². The first-order valence-corrected chi connectivity index (χ1v) is 11.8. The topological polar surface area (TPSA) is 127 Å². The average molecular weight is 552 g/mol. The Morgan fingerprint density at radius 1 is 1.32 bits per heavy atom. The zero-order chi connectivity index (χ0) is 22.9. The van der Waals surface area contributed by atoms with Gasteiger partial charge in [-0.3, -0.25) is 4.79 Å². The van der Waals surface area contributed by atoms with Crippen LogP contribution in [0.2, 0.25) is 10.0 Å². The van der Waals surface area contributed by atoms with Crippen LogP contribution in [-0.2, 0) is 16.4 Å². The molecule has 4 N–H and O–H groups in total. The fourth-order valence-corrected chi connectivity index (χ4v) is 4.03. The summed E-state index contributed by atoms with van der Waals surface area (Å²) in [6, 6.07) is 7.17. The van der Waals surface area contributed by atoms with E-state index in [1.165, 1.54) is 30.3 Å². The molecule has 0 saturated carbocycles. The van der Waals surface area contributed by atoms with Crippen LogP contribution in [0.15, 0.2) is 40.1 Å². The third-order valence-corrected chi connectivity index (χ3v) is 5.87. The number of carbonyl (C=O) groups excluding carboxylic acids is 1. The molecule has 164 valence electrons. The maximum atomic E-state index is 15.0. The number of ether oxygens (including phenoxy) is 1. The van der Waals surface area contributed by atoms with E-state index >= 15 is 0 Å². The molecular weight excluding hydrogens is 538 g/mol. The standard InChI is InChI=1S/C18H14BrCl2FN4O4S/c1-31(28,29)18-25-14(16(19)26-18)17(27)24-7-8-2-3-12(21)15(13(8)22)30-11-5-9(20)4-10(23)6-11/h2-6H,7,23H2,1H3,(H,24,27)(H,25,26). The Bertz CT molecular complexity index is 1260. The smallest absolute Gasteiger partial charge is 0.273 e. The summed E-state index contributed by atoms with van der Waals surface area (Å²) in [4.78, 5) is 18.6. The fourth-order valence-electron chi connectivity index (χ4n) is 2.48. The van der Waals surface area contributed by atoms with Gasteiger partial charge in [0.1, 0.15) is 10.4 Å². The molecule has 1 heterocycles. The number of H-pyrrole nitrogens is 1. The highest BCUT2D eigenvalue weighted by atomic mass is 79.9. The van der Waals surface area contributed by atoms with E-state index in [1.54, 1.807) is 0 Å². The van der Waals surface area contributed by atoms with Gasteiger partial charge in [0.25, 0.3) is 5.91 Å². The predicted molar refractivity (Wildman–Crippen MR) is 118 cm³/mol. The molecule has 0 spiro atoms. The summed E-state index contributed by atoms with van der Waals surface area (Å²) >= 11 is 15.0. The molecule has 0 aliphatic heterocycles. The van der Waals surface area contributed by atoms with E-state index in [2.05, 4.69) is 31.2 Å². The molecule has 0 aliphatic rings. The van der Waals surface area contributed by atoms with Crippen molar-refractivity contribution in [2.75, 3.05) is 12.0 Å². The lowest BCUT2D eigenvalue weighted by Crippen LogP contribution is -2.24. The lowest BCUT2D eigenvalue weighted by molar-refractivity contribution is 0.0945. The molecule has 0 aliphatic carbocycles. The molecule has 3 aromatic rings. The number of sulfone groups is 1. The van der Waals surface area contributed by atoms with Crippen LogP contribution >= 0.6 is 39.1 Å². The minimum Gasteiger partial charge on any atom is -0.453 e. The van der Waals surface area contributed by atoms with Gasteiger partial charge in [0, 0.05) is 35.1 Å². The van der Waals surface area contributed by atoms with E-state index in [4.69, 9.17) is 33.7 Å². The van der Waals surface area contributed by atoms with Crippen LogP contribution in [0, 0.1) is 5.82 Å². The molecule has 0 bridgehead atoms. The van der Waals surface area contributed by atoms with Gasteiger partial charge in [-0.2, -0.15) is 0 Å². The maximum absolute atomic E-state index is 15.0. The van der Waals surface area contributed by atoms with Crippen LogP contribution in [0.1, 0.15) is 16.1 Å². The zero-order valence-corrected chi connectivity index (χ0v) is 19.6. The number of amides is 1. The third kappa shape index (κ3) is 5.48. The van der Waals surface area contributed by atoms with E-state index in [0.717, 1.165) is 6.26 Å². The van der Waals surface area contributed by atoms with Crippen molar-refractivity contribution < 1.29 is 22.3 Å². The molecule has 0 fully saturated rings. The van der Waals surface area contributed by atoms with Crippen molar-refractivity contribution in [1.82, 2.24) is 15.3 Å². The first kappa shape index (κ1) is 23.3. The number of benzene rings is 2. The molecular formula is C18H14BrCl2FN4O4S. The largest absolute Gasteiger partial charge is 0.453 e. The van der Waals surface area contributed by atoms with Gasteiger partial charge < -0.3 is 20.8 Å². The molecule has 31 heavy (non-hydrogen) atoms. The Kier molecular flexibility index (Phi) is 6.79. The molecule has 3 rings (SSSR count). The number of rotatable bonds is 6. The number of aromatic amines is 1. The van der Waals surface area contributed by atoms with Gasteiger partial charge in [-0.05, 0) is 34.1 Å². The van der Waals surface area contributed by atoms with Crippen LogP contribution in [0.4, 0.5) is 10.1 Å². The maximum Gasteiger partial charge on any atom is 0.273 e. The number of nitrogens with two attached hydrogens (primary N) is 1. The normalized spacial score (nSPS) is 11.4. The monoisotopic (exact) mass is 550 g/mol. The van der Waals surface area contributed by atoms with Crippen molar-refractivity contribution in [2.24, 2.45) is 0 Å². The Balaban J connectivity index is 1.81. The Morgan fingerprint density at radius 2 is 2.03 bits per heavy atom. The predicted octanol–water partition coefficient (Wildman–Crippen LogP) is 4.33. The highest BCUT2D eigenvalue weighted by Crippen LogP contribution is 2.35. The van der Waals surface area contributed by atoms with Crippen LogP contribution in [0.5, 0.6) is 11.5 Å². The molecule has 2 aromatic carbocycles. The van der Waals surface area contributed by atoms with E-state index in [0.29, 0.717) is 10.7 Å². The van der Waals surface area contributed by atoms with Gasteiger partial charge in [0.2, 0.25) is 15.0 Å². The van der Waals surface area contributed by atoms with Gasteiger partial charge in [-0.25, -0.2) is 17.8 Å². The molecule has 1 amide bonds. The number of hydrogen-bond acceptors (Lipinski definition) is 6. The summed E-state index contributed by atoms with van der Waals surface area (Å²) in [7, 11) is -3.64. The van der Waals surface area contributed by atoms with Crippen molar-refractivity contribution in [1.29, 1.82) is 0 Å². The van der Waals surface area contributed by atoms with E-state index in [-0.39, 0.29) is 44.1 Å². The van der Waals surface area contributed by atoms with Crippen molar-refractivity contribution in [3.05, 3.63) is 62.1 Å². The molecule has 13 heteroatoms. The van der Waals surface area contributed by atoms with Crippen molar-refractivity contribution in [3.8, 4) is 11.5 Å². The van der Waals surface area contributed by atoms with Gasteiger partial charge in [0.05, 0.1) is 5.02 Å². The second-order valence-electron chi connectivity index (χ2n) is 6.33. The molecule has 0 unspecified atom stereocenters. The number of halogens is 4. The second kappa shape index (κ2) is 9.03. The minimum atomic E-state index is -3.64. The number of carbonyl (C=O) groups is 1. The summed E-state index contributed by atoms with van der Waals surface area (Å²) in [6.45, 7) is -0.247. The summed E-state index contributed by atoms with van der Waals surface area (Å²) in [5, 5.41) is 2.39. The summed E-state index contributed by atoms with van der Waals surface area (Å²) in [5.41, 5.74) is 5.90. The minimum absolute atomic E-state index is 0.000960. The highest BCUT2D eigenvalue weighted by Gasteiger charge is 2.22. The number of aromatic nitrogens is 2. The highest BCUT2D eigenvalue weighted by molar-refractivity contribution is 9.10.